The van der Waals surface area contributed by atoms with Crippen LogP contribution in [0.25, 0.3) is 0 Å². The van der Waals surface area contributed by atoms with E-state index in [0.29, 0.717) is 37.1 Å². The van der Waals surface area contributed by atoms with Crippen LogP contribution >= 0.6 is 11.6 Å². The number of rotatable bonds is 2. The number of pyridine rings is 1. The van der Waals surface area contributed by atoms with Gasteiger partial charge in [-0.25, -0.2) is 0 Å². The highest BCUT2D eigenvalue weighted by molar-refractivity contribution is 6.31. The van der Waals surface area contributed by atoms with Gasteiger partial charge in [0.15, 0.2) is 0 Å². The minimum absolute atomic E-state index is 0.241. The Labute approximate surface area is 99.5 Å². The van der Waals surface area contributed by atoms with Crippen LogP contribution in [0.1, 0.15) is 31.2 Å². The van der Waals surface area contributed by atoms with Crippen LogP contribution in [-0.2, 0) is 11.2 Å². The number of Topliss-reactive ketones (excluding diaryl/α,β-unsaturated/α-hetero) is 1. The summed E-state index contributed by atoms with van der Waals surface area (Å²) in [7, 11) is 0. The van der Waals surface area contributed by atoms with E-state index in [0.717, 1.165) is 5.56 Å². The molecule has 0 atom stereocenters. The molecule has 1 aliphatic rings. The van der Waals surface area contributed by atoms with Gasteiger partial charge >= 0.3 is 0 Å². The van der Waals surface area contributed by atoms with Crippen molar-refractivity contribution in [1.29, 1.82) is 0 Å². The first-order valence-electron chi connectivity index (χ1n) is 5.42. The standard InChI is InChI=1S/C12H14ClNO2/c13-11-8-14-6-3-9(11)7-12(16)4-1-10(15)2-5-12/h3,6,8,16H,1-2,4-5,7H2. The lowest BCUT2D eigenvalue weighted by Gasteiger charge is -2.31. The maximum Gasteiger partial charge on any atom is 0.133 e. The second kappa shape index (κ2) is 4.52. The molecule has 0 radical (unpaired) electrons. The van der Waals surface area contributed by atoms with Crippen molar-refractivity contribution >= 4 is 17.4 Å². The van der Waals surface area contributed by atoms with E-state index in [9.17, 15) is 9.90 Å². The second-order valence-electron chi connectivity index (χ2n) is 4.41. The molecule has 1 fully saturated rings. The minimum atomic E-state index is -0.779. The fourth-order valence-corrected chi connectivity index (χ4v) is 2.26. The predicted molar refractivity (Wildman–Crippen MR) is 61.4 cm³/mol. The van der Waals surface area contributed by atoms with Crippen LogP contribution in [0.2, 0.25) is 5.02 Å². The highest BCUT2D eigenvalue weighted by Gasteiger charge is 2.32. The summed E-state index contributed by atoms with van der Waals surface area (Å²) in [6, 6.07) is 1.82. The first-order chi connectivity index (χ1) is 7.59. The monoisotopic (exact) mass is 239 g/mol. The molecule has 1 aromatic heterocycles. The molecule has 1 N–H and O–H groups in total. The fourth-order valence-electron chi connectivity index (χ4n) is 2.07. The Bertz CT molecular complexity index is 396. The molecular weight excluding hydrogens is 226 g/mol. The highest BCUT2D eigenvalue weighted by atomic mass is 35.5. The minimum Gasteiger partial charge on any atom is -0.390 e. The molecule has 0 amide bonds. The number of hydrogen-bond acceptors (Lipinski definition) is 3. The Morgan fingerprint density at radius 3 is 2.75 bits per heavy atom. The van der Waals surface area contributed by atoms with Gasteiger partial charge in [-0.15, -0.1) is 0 Å². The smallest absolute Gasteiger partial charge is 0.133 e. The lowest BCUT2D eigenvalue weighted by Crippen LogP contribution is -2.36. The Morgan fingerprint density at radius 2 is 2.12 bits per heavy atom. The average molecular weight is 240 g/mol. The highest BCUT2D eigenvalue weighted by Crippen LogP contribution is 2.31. The summed E-state index contributed by atoms with van der Waals surface area (Å²) < 4.78 is 0. The van der Waals surface area contributed by atoms with Crippen molar-refractivity contribution in [1.82, 2.24) is 4.98 Å². The van der Waals surface area contributed by atoms with Gasteiger partial charge in [-0.05, 0) is 24.5 Å². The molecule has 86 valence electrons. The van der Waals surface area contributed by atoms with Gasteiger partial charge < -0.3 is 5.11 Å². The molecule has 0 saturated heterocycles. The van der Waals surface area contributed by atoms with Gasteiger partial charge in [0.2, 0.25) is 0 Å². The number of aromatic nitrogens is 1. The molecule has 4 heteroatoms. The van der Waals surface area contributed by atoms with Crippen molar-refractivity contribution < 1.29 is 9.90 Å². The van der Waals surface area contributed by atoms with Crippen molar-refractivity contribution in [2.45, 2.75) is 37.7 Å². The van der Waals surface area contributed by atoms with E-state index in [-0.39, 0.29) is 5.78 Å². The number of carbonyl (C=O) groups excluding carboxylic acids is 1. The predicted octanol–water partition coefficient (Wildman–Crippen LogP) is 2.15. The average Bonchev–Trinajstić information content (AvgIpc) is 2.27. The molecule has 0 spiro atoms. The summed E-state index contributed by atoms with van der Waals surface area (Å²) >= 11 is 5.99. The molecule has 0 aromatic carbocycles. The molecule has 16 heavy (non-hydrogen) atoms. The van der Waals surface area contributed by atoms with Gasteiger partial charge in [0.25, 0.3) is 0 Å². The number of halogens is 1. The van der Waals surface area contributed by atoms with Crippen molar-refractivity contribution in [3.63, 3.8) is 0 Å². The van der Waals surface area contributed by atoms with Gasteiger partial charge in [-0.3, -0.25) is 9.78 Å². The Balaban J connectivity index is 2.09. The molecule has 1 saturated carbocycles. The summed E-state index contributed by atoms with van der Waals surface area (Å²) in [5, 5.41) is 10.9. The van der Waals surface area contributed by atoms with Gasteiger partial charge in [0, 0.05) is 31.7 Å². The number of aliphatic hydroxyl groups is 1. The van der Waals surface area contributed by atoms with E-state index in [1.165, 1.54) is 0 Å². The van der Waals surface area contributed by atoms with Crippen LogP contribution in [0.15, 0.2) is 18.5 Å². The first-order valence-corrected chi connectivity index (χ1v) is 5.79. The third-order valence-corrected chi connectivity index (χ3v) is 3.45. The van der Waals surface area contributed by atoms with E-state index in [2.05, 4.69) is 4.98 Å². The topological polar surface area (TPSA) is 50.2 Å². The van der Waals surface area contributed by atoms with E-state index >= 15 is 0 Å². The molecule has 2 rings (SSSR count). The van der Waals surface area contributed by atoms with Crippen LogP contribution in [-0.4, -0.2) is 21.5 Å². The lowest BCUT2D eigenvalue weighted by molar-refractivity contribution is -0.125. The van der Waals surface area contributed by atoms with Crippen LogP contribution in [0.5, 0.6) is 0 Å². The zero-order valence-corrected chi connectivity index (χ0v) is 9.70. The van der Waals surface area contributed by atoms with Gasteiger partial charge in [-0.2, -0.15) is 0 Å². The van der Waals surface area contributed by atoms with Crippen molar-refractivity contribution in [3.05, 3.63) is 29.0 Å². The quantitative estimate of drug-likeness (QED) is 0.861. The van der Waals surface area contributed by atoms with E-state index in [1.807, 2.05) is 6.07 Å². The van der Waals surface area contributed by atoms with Crippen LogP contribution in [0.4, 0.5) is 0 Å². The summed E-state index contributed by atoms with van der Waals surface area (Å²) in [5.74, 6) is 0.241. The molecule has 0 unspecified atom stereocenters. The molecule has 1 heterocycles. The maximum atomic E-state index is 11.1. The van der Waals surface area contributed by atoms with Gasteiger partial charge in [0.1, 0.15) is 5.78 Å². The van der Waals surface area contributed by atoms with Crippen molar-refractivity contribution in [2.24, 2.45) is 0 Å². The van der Waals surface area contributed by atoms with E-state index in [4.69, 9.17) is 11.6 Å². The normalized spacial score (nSPS) is 19.8. The van der Waals surface area contributed by atoms with E-state index < -0.39 is 5.60 Å². The molecule has 0 bridgehead atoms. The van der Waals surface area contributed by atoms with Crippen LogP contribution < -0.4 is 0 Å². The van der Waals surface area contributed by atoms with Gasteiger partial charge in [-0.1, -0.05) is 11.6 Å². The molecule has 3 nitrogen and oxygen atoms in total. The van der Waals surface area contributed by atoms with Gasteiger partial charge in [0.05, 0.1) is 10.6 Å². The zero-order valence-electron chi connectivity index (χ0n) is 8.95. The summed E-state index contributed by atoms with van der Waals surface area (Å²) in [4.78, 5) is 15.0. The largest absolute Gasteiger partial charge is 0.390 e. The summed E-state index contributed by atoms with van der Waals surface area (Å²) in [6.07, 6.45) is 5.75. The number of hydrogen-bond donors (Lipinski definition) is 1. The number of nitrogens with zero attached hydrogens (tertiary/aromatic N) is 1. The Kier molecular flexibility index (Phi) is 3.26. The summed E-state index contributed by atoms with van der Waals surface area (Å²) in [5.41, 5.74) is 0.118. The maximum absolute atomic E-state index is 11.1. The number of ketones is 1. The molecule has 1 aromatic rings. The second-order valence-corrected chi connectivity index (χ2v) is 4.81. The fraction of sp³-hybridized carbons (Fsp3) is 0.500. The lowest BCUT2D eigenvalue weighted by atomic mass is 9.80. The first kappa shape index (κ1) is 11.6. The molecular formula is C12H14ClNO2. The van der Waals surface area contributed by atoms with E-state index in [1.54, 1.807) is 12.4 Å². The molecule has 1 aliphatic carbocycles. The third kappa shape index (κ3) is 2.60. The number of carbonyl (C=O) groups is 1. The Hall–Kier alpha value is -0.930. The summed E-state index contributed by atoms with van der Waals surface area (Å²) in [6.45, 7) is 0. The molecule has 0 aliphatic heterocycles. The third-order valence-electron chi connectivity index (χ3n) is 3.11. The SMILES string of the molecule is O=C1CCC(O)(Cc2ccncc2Cl)CC1. The van der Waals surface area contributed by atoms with Crippen LogP contribution in [0.3, 0.4) is 0 Å². The van der Waals surface area contributed by atoms with Crippen LogP contribution in [0, 0.1) is 0 Å². The van der Waals surface area contributed by atoms with Crippen molar-refractivity contribution in [3.8, 4) is 0 Å². The Morgan fingerprint density at radius 1 is 1.44 bits per heavy atom. The van der Waals surface area contributed by atoms with Crippen molar-refractivity contribution in [2.75, 3.05) is 0 Å². The zero-order chi connectivity index (χ0) is 11.6.